The summed E-state index contributed by atoms with van der Waals surface area (Å²) in [5.41, 5.74) is 1.80. The van der Waals surface area contributed by atoms with Crippen LogP contribution in [0.3, 0.4) is 0 Å². The van der Waals surface area contributed by atoms with Crippen LogP contribution in [0.15, 0.2) is 54.6 Å². The second-order valence-electron chi connectivity index (χ2n) is 7.02. The predicted octanol–water partition coefficient (Wildman–Crippen LogP) is 2.83. The molecule has 4 nitrogen and oxygen atoms in total. The predicted molar refractivity (Wildman–Crippen MR) is 96.8 cm³/mol. The number of hydrogen-bond acceptors (Lipinski definition) is 3. The Bertz CT molecular complexity index is 768. The lowest BCUT2D eigenvalue weighted by Gasteiger charge is -2.30. The number of ether oxygens (including phenoxy) is 1. The van der Waals surface area contributed by atoms with E-state index < -0.39 is 0 Å². The summed E-state index contributed by atoms with van der Waals surface area (Å²) in [6.07, 6.45) is 0.407. The second-order valence-corrected chi connectivity index (χ2v) is 7.02. The molecule has 0 saturated carbocycles. The number of fused-ring (bicyclic) bond motifs is 1. The van der Waals surface area contributed by atoms with Gasteiger partial charge in [-0.25, -0.2) is 4.39 Å². The van der Waals surface area contributed by atoms with E-state index in [1.54, 1.807) is 6.07 Å². The topological polar surface area (TPSA) is 32.8 Å². The molecule has 2 saturated heterocycles. The maximum Gasteiger partial charge on any atom is 0.225 e. The molecule has 26 heavy (non-hydrogen) atoms. The van der Waals surface area contributed by atoms with Gasteiger partial charge in [-0.2, -0.15) is 0 Å². The molecule has 1 amide bonds. The molecule has 2 heterocycles. The van der Waals surface area contributed by atoms with Crippen LogP contribution >= 0.6 is 0 Å². The summed E-state index contributed by atoms with van der Waals surface area (Å²) in [4.78, 5) is 16.8. The van der Waals surface area contributed by atoms with Crippen molar-refractivity contribution in [1.82, 2.24) is 9.80 Å². The largest absolute Gasteiger partial charge is 0.374 e. The highest BCUT2D eigenvalue weighted by Crippen LogP contribution is 2.26. The number of amides is 1. The van der Waals surface area contributed by atoms with Crippen LogP contribution in [0.1, 0.15) is 17.5 Å². The molecule has 4 rings (SSSR count). The fraction of sp³-hybridized carbons (Fsp3) is 0.381. The van der Waals surface area contributed by atoms with Crippen LogP contribution in [0.25, 0.3) is 0 Å². The van der Waals surface area contributed by atoms with Gasteiger partial charge in [-0.3, -0.25) is 9.69 Å². The summed E-state index contributed by atoms with van der Waals surface area (Å²) in [6, 6.07) is 16.9. The van der Waals surface area contributed by atoms with Crippen LogP contribution in [-0.4, -0.2) is 47.5 Å². The van der Waals surface area contributed by atoms with Crippen LogP contribution in [0.2, 0.25) is 0 Å². The van der Waals surface area contributed by atoms with Crippen LogP contribution in [0, 0.1) is 5.82 Å². The number of nitrogens with zero attached hydrogens (tertiary/aromatic N) is 2. The van der Waals surface area contributed by atoms with Crippen LogP contribution in [0.4, 0.5) is 4.39 Å². The van der Waals surface area contributed by atoms with Gasteiger partial charge in [-0.1, -0.05) is 48.5 Å². The van der Waals surface area contributed by atoms with E-state index in [4.69, 9.17) is 4.74 Å². The van der Waals surface area contributed by atoms with E-state index in [1.807, 2.05) is 47.4 Å². The van der Waals surface area contributed by atoms with Crippen LogP contribution in [0.5, 0.6) is 0 Å². The summed E-state index contributed by atoms with van der Waals surface area (Å²) in [6.45, 7) is 3.02. The van der Waals surface area contributed by atoms with Gasteiger partial charge in [0.25, 0.3) is 0 Å². The molecule has 5 heteroatoms. The van der Waals surface area contributed by atoms with Crippen molar-refractivity contribution in [2.45, 2.75) is 31.7 Å². The fourth-order valence-electron chi connectivity index (χ4n) is 3.90. The first kappa shape index (κ1) is 17.2. The van der Waals surface area contributed by atoms with Gasteiger partial charge in [-0.05, 0) is 11.6 Å². The third kappa shape index (κ3) is 3.64. The summed E-state index contributed by atoms with van der Waals surface area (Å²) in [7, 11) is 0. The van der Waals surface area contributed by atoms with E-state index in [-0.39, 0.29) is 23.9 Å². The van der Waals surface area contributed by atoms with Crippen molar-refractivity contribution in [3.63, 3.8) is 0 Å². The molecule has 2 aromatic rings. The summed E-state index contributed by atoms with van der Waals surface area (Å²) >= 11 is 0. The van der Waals surface area contributed by atoms with Gasteiger partial charge in [0.1, 0.15) is 5.82 Å². The minimum Gasteiger partial charge on any atom is -0.374 e. The third-order valence-electron chi connectivity index (χ3n) is 5.23. The van der Waals surface area contributed by atoms with Gasteiger partial charge < -0.3 is 9.64 Å². The Kier molecular flexibility index (Phi) is 5.00. The van der Waals surface area contributed by atoms with Crippen molar-refractivity contribution in [1.29, 1.82) is 0 Å². The molecular weight excluding hydrogens is 331 g/mol. The van der Waals surface area contributed by atoms with Crippen molar-refractivity contribution in [2.24, 2.45) is 0 Å². The molecular formula is C21H23FN2O2. The molecule has 0 unspecified atom stereocenters. The first-order valence-corrected chi connectivity index (χ1v) is 9.11. The molecule has 136 valence electrons. The van der Waals surface area contributed by atoms with E-state index in [2.05, 4.69) is 4.90 Å². The number of rotatable bonds is 4. The van der Waals surface area contributed by atoms with E-state index in [0.717, 1.165) is 12.1 Å². The fourth-order valence-corrected chi connectivity index (χ4v) is 3.90. The number of halogens is 1. The number of hydrogen-bond donors (Lipinski definition) is 0. The summed E-state index contributed by atoms with van der Waals surface area (Å²) in [5, 5.41) is 0. The average molecular weight is 354 g/mol. The van der Waals surface area contributed by atoms with Gasteiger partial charge in [0.2, 0.25) is 5.91 Å². The van der Waals surface area contributed by atoms with Crippen molar-refractivity contribution >= 4 is 5.91 Å². The van der Waals surface area contributed by atoms with E-state index >= 15 is 0 Å². The molecule has 0 bridgehead atoms. The minimum absolute atomic E-state index is 0.0111. The number of carbonyl (C=O) groups is 1. The number of likely N-dealkylation sites (tertiary alicyclic amines) is 1. The van der Waals surface area contributed by atoms with Crippen molar-refractivity contribution in [3.8, 4) is 0 Å². The molecule has 0 aliphatic carbocycles. The molecule has 0 spiro atoms. The lowest BCUT2D eigenvalue weighted by atomic mass is 10.1. The van der Waals surface area contributed by atoms with Crippen LogP contribution in [-0.2, 0) is 22.6 Å². The van der Waals surface area contributed by atoms with E-state index in [9.17, 15) is 9.18 Å². The normalized spacial score (nSPS) is 23.7. The maximum absolute atomic E-state index is 14.0. The first-order chi connectivity index (χ1) is 12.7. The maximum atomic E-state index is 14.0. The Morgan fingerprint density at radius 1 is 1.00 bits per heavy atom. The van der Waals surface area contributed by atoms with Gasteiger partial charge in [0, 0.05) is 31.7 Å². The van der Waals surface area contributed by atoms with Gasteiger partial charge in [0.15, 0.2) is 0 Å². The van der Waals surface area contributed by atoms with Gasteiger partial charge in [0.05, 0.1) is 25.2 Å². The monoisotopic (exact) mass is 354 g/mol. The summed E-state index contributed by atoms with van der Waals surface area (Å²) < 4.78 is 19.9. The molecule has 2 fully saturated rings. The van der Waals surface area contributed by atoms with Crippen molar-refractivity contribution in [2.75, 3.05) is 19.7 Å². The Balaban J connectivity index is 1.51. The lowest BCUT2D eigenvalue weighted by Crippen LogP contribution is -2.45. The highest BCUT2D eigenvalue weighted by Gasteiger charge is 2.41. The standard InChI is InChI=1S/C21H23FN2O2/c22-18-9-5-4-8-17(18)13-23-14-19-20(15-23)26-11-10-21(25)24(19)12-16-6-2-1-3-7-16/h1-9,19-20H,10-15H2/t19-,20-/m0/s1. The van der Waals surface area contributed by atoms with E-state index in [0.29, 0.717) is 38.2 Å². The van der Waals surface area contributed by atoms with E-state index in [1.165, 1.54) is 6.07 Å². The Morgan fingerprint density at radius 2 is 1.77 bits per heavy atom. The molecule has 2 atom stereocenters. The lowest BCUT2D eigenvalue weighted by molar-refractivity contribution is -0.133. The smallest absolute Gasteiger partial charge is 0.225 e. The van der Waals surface area contributed by atoms with Crippen molar-refractivity contribution < 1.29 is 13.9 Å². The minimum atomic E-state index is -0.183. The zero-order chi connectivity index (χ0) is 17.9. The Morgan fingerprint density at radius 3 is 2.58 bits per heavy atom. The SMILES string of the molecule is O=C1CCO[C@H]2CN(Cc3ccccc3F)C[C@@H]2N1Cc1ccccc1. The average Bonchev–Trinajstić information content (AvgIpc) is 2.98. The molecule has 2 aliphatic heterocycles. The molecule has 0 aromatic heterocycles. The summed E-state index contributed by atoms with van der Waals surface area (Å²) in [5.74, 6) is -0.0492. The number of carbonyl (C=O) groups excluding carboxylic acids is 1. The zero-order valence-corrected chi connectivity index (χ0v) is 14.7. The van der Waals surface area contributed by atoms with Gasteiger partial charge >= 0.3 is 0 Å². The third-order valence-corrected chi connectivity index (χ3v) is 5.23. The quantitative estimate of drug-likeness (QED) is 0.846. The second kappa shape index (κ2) is 7.56. The Labute approximate surface area is 153 Å². The molecule has 0 radical (unpaired) electrons. The first-order valence-electron chi connectivity index (χ1n) is 9.11. The van der Waals surface area contributed by atoms with Crippen LogP contribution < -0.4 is 0 Å². The highest BCUT2D eigenvalue weighted by molar-refractivity contribution is 5.77. The highest BCUT2D eigenvalue weighted by atomic mass is 19.1. The van der Waals surface area contributed by atoms with Gasteiger partial charge in [-0.15, -0.1) is 0 Å². The molecule has 2 aliphatic rings. The van der Waals surface area contributed by atoms with Crippen molar-refractivity contribution in [3.05, 3.63) is 71.5 Å². The Hall–Kier alpha value is -2.24. The zero-order valence-electron chi connectivity index (χ0n) is 14.7. The molecule has 2 aromatic carbocycles. The molecule has 0 N–H and O–H groups in total. The number of benzene rings is 2.